The first-order valence-electron chi connectivity index (χ1n) is 3.30. The molecule has 2 aromatic rings. The van der Waals surface area contributed by atoms with Gasteiger partial charge < -0.3 is 0 Å². The highest BCUT2D eigenvalue weighted by Gasteiger charge is 2.05. The first-order valence-corrected chi connectivity index (χ1v) is 5.33. The number of thiophene rings is 1. The molecule has 0 radical (unpaired) electrons. The molecule has 12 heavy (non-hydrogen) atoms. The van der Waals surface area contributed by atoms with Gasteiger partial charge in [-0.25, -0.2) is 4.98 Å². The molecule has 2 heterocycles. The highest BCUT2D eigenvalue weighted by atomic mass is 35.5. The molecule has 0 atom stereocenters. The zero-order valence-corrected chi connectivity index (χ0v) is 8.63. The molecule has 0 saturated carbocycles. The summed E-state index contributed by atoms with van der Waals surface area (Å²) in [5, 5.41) is 2.04. The third kappa shape index (κ3) is 1.50. The lowest BCUT2D eigenvalue weighted by Crippen LogP contribution is -1.74. The molecule has 62 valence electrons. The van der Waals surface area contributed by atoms with Crippen LogP contribution in [0.5, 0.6) is 0 Å². The van der Waals surface area contributed by atoms with E-state index in [0.29, 0.717) is 4.47 Å². The molecule has 0 N–H and O–H groups in total. The maximum Gasteiger partial charge on any atom is 0.203 e. The van der Waals surface area contributed by atoms with Crippen molar-refractivity contribution in [2.75, 3.05) is 0 Å². The van der Waals surface area contributed by atoms with Crippen LogP contribution in [0, 0.1) is 6.92 Å². The van der Waals surface area contributed by atoms with E-state index in [4.69, 9.17) is 11.6 Å². The highest BCUT2D eigenvalue weighted by molar-refractivity contribution is 7.11. The maximum absolute atomic E-state index is 5.67. The maximum atomic E-state index is 5.67. The van der Waals surface area contributed by atoms with Crippen molar-refractivity contribution in [1.82, 2.24) is 9.36 Å². The Kier molecular flexibility index (Phi) is 2.12. The Morgan fingerprint density at radius 3 is 2.83 bits per heavy atom. The molecule has 0 fully saturated rings. The first-order chi connectivity index (χ1) is 5.75. The van der Waals surface area contributed by atoms with E-state index in [9.17, 15) is 0 Å². The summed E-state index contributed by atoms with van der Waals surface area (Å²) in [5.41, 5.74) is 1.06. The number of nitrogens with zero attached hydrogens (tertiary/aromatic N) is 2. The Morgan fingerprint density at radius 2 is 2.33 bits per heavy atom. The van der Waals surface area contributed by atoms with Gasteiger partial charge in [-0.2, -0.15) is 4.37 Å². The summed E-state index contributed by atoms with van der Waals surface area (Å²) in [4.78, 5) is 5.33. The van der Waals surface area contributed by atoms with E-state index in [2.05, 4.69) is 22.3 Å². The Hall–Kier alpha value is -0.450. The van der Waals surface area contributed by atoms with Gasteiger partial charge in [-0.1, -0.05) is 0 Å². The van der Waals surface area contributed by atoms with Crippen molar-refractivity contribution in [2.45, 2.75) is 6.92 Å². The molecule has 0 spiro atoms. The minimum Gasteiger partial charge on any atom is -0.203 e. The number of hydrogen-bond acceptors (Lipinski definition) is 4. The van der Waals surface area contributed by atoms with E-state index in [-0.39, 0.29) is 0 Å². The van der Waals surface area contributed by atoms with Crippen LogP contribution in [0.15, 0.2) is 11.4 Å². The summed E-state index contributed by atoms with van der Waals surface area (Å²) in [7, 11) is 0. The fourth-order valence-corrected chi connectivity index (χ4v) is 2.18. The Labute approximate surface area is 83.0 Å². The van der Waals surface area contributed by atoms with Gasteiger partial charge in [-0.15, -0.1) is 11.3 Å². The molecule has 2 rings (SSSR count). The van der Waals surface area contributed by atoms with E-state index >= 15 is 0 Å². The van der Waals surface area contributed by atoms with E-state index in [1.165, 1.54) is 16.4 Å². The van der Waals surface area contributed by atoms with Crippen molar-refractivity contribution in [3.05, 3.63) is 20.8 Å². The first kappa shape index (κ1) is 8.16. The average molecular weight is 217 g/mol. The largest absolute Gasteiger partial charge is 0.203 e. The summed E-state index contributed by atoms with van der Waals surface area (Å²) >= 11 is 8.57. The second kappa shape index (κ2) is 3.12. The predicted octanol–water partition coefficient (Wildman–Crippen LogP) is 3.23. The molecule has 0 amide bonds. The molecule has 0 aliphatic carbocycles. The number of hydrogen-bond donors (Lipinski definition) is 0. The third-order valence-electron chi connectivity index (χ3n) is 1.39. The molecule has 0 unspecified atom stereocenters. The van der Waals surface area contributed by atoms with Crippen LogP contribution in [0.25, 0.3) is 11.4 Å². The number of halogens is 1. The lowest BCUT2D eigenvalue weighted by Gasteiger charge is -1.83. The van der Waals surface area contributed by atoms with Crippen LogP contribution in [0.3, 0.4) is 0 Å². The molecule has 0 aliphatic rings. The van der Waals surface area contributed by atoms with Gasteiger partial charge in [0.05, 0.1) is 0 Å². The summed E-state index contributed by atoms with van der Waals surface area (Å²) in [6.07, 6.45) is 0. The highest BCUT2D eigenvalue weighted by Crippen LogP contribution is 2.25. The molecule has 2 aromatic heterocycles. The van der Waals surface area contributed by atoms with Gasteiger partial charge >= 0.3 is 0 Å². The minimum atomic E-state index is 0.494. The summed E-state index contributed by atoms with van der Waals surface area (Å²) in [5.74, 6) is 0.731. The second-order valence-corrected chi connectivity index (χ2v) is 4.77. The van der Waals surface area contributed by atoms with Crippen LogP contribution in [0.1, 0.15) is 4.88 Å². The van der Waals surface area contributed by atoms with Crippen LogP contribution in [0.2, 0.25) is 4.47 Å². The lowest BCUT2D eigenvalue weighted by atomic mass is 10.3. The van der Waals surface area contributed by atoms with E-state index in [0.717, 1.165) is 11.4 Å². The van der Waals surface area contributed by atoms with Crippen molar-refractivity contribution in [3.8, 4) is 11.4 Å². The summed E-state index contributed by atoms with van der Waals surface area (Å²) in [6.45, 7) is 2.06. The number of aromatic nitrogens is 2. The van der Waals surface area contributed by atoms with Crippen molar-refractivity contribution in [1.29, 1.82) is 0 Å². The van der Waals surface area contributed by atoms with Crippen LogP contribution < -0.4 is 0 Å². The molecule has 2 nitrogen and oxygen atoms in total. The number of aryl methyl sites for hydroxylation is 1. The van der Waals surface area contributed by atoms with Gasteiger partial charge in [0.2, 0.25) is 4.47 Å². The van der Waals surface area contributed by atoms with Crippen molar-refractivity contribution in [2.24, 2.45) is 0 Å². The van der Waals surface area contributed by atoms with Gasteiger partial charge in [0, 0.05) is 15.8 Å². The smallest absolute Gasteiger partial charge is 0.203 e. The molecule has 0 saturated heterocycles. The van der Waals surface area contributed by atoms with Gasteiger partial charge in [0.1, 0.15) is 0 Å². The Bertz CT molecular complexity index is 355. The minimum absolute atomic E-state index is 0.494. The van der Waals surface area contributed by atoms with Gasteiger partial charge in [0.25, 0.3) is 0 Å². The Balaban J connectivity index is 2.43. The van der Waals surface area contributed by atoms with Gasteiger partial charge in [-0.3, -0.25) is 0 Å². The van der Waals surface area contributed by atoms with Gasteiger partial charge in [0.15, 0.2) is 5.82 Å². The molecule has 0 bridgehead atoms. The topological polar surface area (TPSA) is 25.8 Å². The van der Waals surface area contributed by atoms with Crippen molar-refractivity contribution < 1.29 is 0 Å². The zero-order chi connectivity index (χ0) is 8.55. The fourth-order valence-electron chi connectivity index (χ4n) is 0.883. The monoisotopic (exact) mass is 216 g/mol. The van der Waals surface area contributed by atoms with E-state index in [1.807, 2.05) is 5.38 Å². The van der Waals surface area contributed by atoms with Gasteiger partial charge in [-0.05, 0) is 36.1 Å². The molecular weight excluding hydrogens is 212 g/mol. The van der Waals surface area contributed by atoms with Crippen molar-refractivity contribution >= 4 is 34.5 Å². The van der Waals surface area contributed by atoms with Crippen LogP contribution in [0.4, 0.5) is 0 Å². The van der Waals surface area contributed by atoms with Crippen LogP contribution >= 0.6 is 34.5 Å². The third-order valence-corrected chi connectivity index (χ3v) is 3.05. The lowest BCUT2D eigenvalue weighted by molar-refractivity contribution is 1.33. The fraction of sp³-hybridized carbons (Fsp3) is 0.143. The van der Waals surface area contributed by atoms with E-state index in [1.54, 1.807) is 11.3 Å². The summed E-state index contributed by atoms with van der Waals surface area (Å²) < 4.78 is 4.60. The molecule has 0 aliphatic heterocycles. The van der Waals surface area contributed by atoms with E-state index < -0.39 is 0 Å². The van der Waals surface area contributed by atoms with Crippen LogP contribution in [-0.2, 0) is 0 Å². The second-order valence-electron chi connectivity index (χ2n) is 2.32. The van der Waals surface area contributed by atoms with Crippen LogP contribution in [-0.4, -0.2) is 9.36 Å². The normalized spacial score (nSPS) is 10.5. The van der Waals surface area contributed by atoms with Crippen molar-refractivity contribution in [3.63, 3.8) is 0 Å². The quantitative estimate of drug-likeness (QED) is 0.732. The molecule has 5 heteroatoms. The predicted molar refractivity (Wildman–Crippen MR) is 53.0 cm³/mol. The Morgan fingerprint density at radius 1 is 1.50 bits per heavy atom. The molecule has 0 aromatic carbocycles. The zero-order valence-electron chi connectivity index (χ0n) is 6.24. The average Bonchev–Trinajstić information content (AvgIpc) is 2.58. The standard InChI is InChI=1S/C7H5ClN2S2/c1-4-2-5(3-11-4)6-9-7(8)12-10-6/h2-3H,1H3. The summed E-state index contributed by atoms with van der Waals surface area (Å²) in [6, 6.07) is 2.06. The number of rotatable bonds is 1. The molecular formula is C7H5ClN2S2. The SMILES string of the molecule is Cc1cc(-c2nsc(Cl)n2)cs1.